The van der Waals surface area contributed by atoms with E-state index >= 15 is 0 Å². The van der Waals surface area contributed by atoms with E-state index in [0.29, 0.717) is 6.04 Å². The van der Waals surface area contributed by atoms with Gasteiger partial charge in [-0.15, -0.1) is 0 Å². The Morgan fingerprint density at radius 1 is 1.06 bits per heavy atom. The van der Waals surface area contributed by atoms with Crippen LogP contribution in [0, 0.1) is 0 Å². The smallest absolute Gasteiger partial charge is 0.0112 e. The third-order valence-corrected chi connectivity index (χ3v) is 3.19. The monoisotopic (exact) mass is 257 g/mol. The molecule has 3 nitrogen and oxygen atoms in total. The molecular weight excluding hydrogens is 222 g/mol. The SMILES string of the molecule is CCCN(CCN(C)C)C(C)CCNC(C)(C)C. The minimum Gasteiger partial charge on any atom is -0.312 e. The fourth-order valence-electron chi connectivity index (χ4n) is 2.01. The first-order valence-electron chi connectivity index (χ1n) is 7.40. The summed E-state index contributed by atoms with van der Waals surface area (Å²) in [6.07, 6.45) is 2.47. The van der Waals surface area contributed by atoms with Crippen LogP contribution < -0.4 is 5.32 Å². The van der Waals surface area contributed by atoms with E-state index in [4.69, 9.17) is 0 Å². The van der Waals surface area contributed by atoms with Gasteiger partial charge in [0.2, 0.25) is 0 Å². The van der Waals surface area contributed by atoms with Crippen molar-refractivity contribution in [2.45, 2.75) is 59.0 Å². The molecule has 110 valence electrons. The van der Waals surface area contributed by atoms with E-state index in [1.807, 2.05) is 0 Å². The molecule has 1 unspecified atom stereocenters. The molecule has 0 aromatic rings. The Bertz CT molecular complexity index is 196. The topological polar surface area (TPSA) is 18.5 Å². The van der Waals surface area contributed by atoms with Crippen LogP contribution in [0.5, 0.6) is 0 Å². The molecule has 0 spiro atoms. The Morgan fingerprint density at radius 3 is 2.11 bits per heavy atom. The normalized spacial score (nSPS) is 14.5. The molecule has 3 heteroatoms. The number of nitrogens with zero attached hydrogens (tertiary/aromatic N) is 2. The second-order valence-corrected chi connectivity index (χ2v) is 6.65. The standard InChI is InChI=1S/C15H35N3/c1-8-11-18(13-12-17(6)7)14(2)9-10-16-15(3,4)5/h14,16H,8-13H2,1-7H3. The summed E-state index contributed by atoms with van der Waals surface area (Å²) in [5, 5.41) is 3.58. The van der Waals surface area contributed by atoms with Crippen molar-refractivity contribution < 1.29 is 0 Å². The highest BCUT2D eigenvalue weighted by Gasteiger charge is 2.14. The van der Waals surface area contributed by atoms with Gasteiger partial charge in [0.25, 0.3) is 0 Å². The molecule has 0 fully saturated rings. The van der Waals surface area contributed by atoms with Gasteiger partial charge in [0.15, 0.2) is 0 Å². The Kier molecular flexibility index (Phi) is 8.83. The van der Waals surface area contributed by atoms with E-state index in [1.165, 1.54) is 25.9 Å². The van der Waals surface area contributed by atoms with Crippen LogP contribution in [-0.2, 0) is 0 Å². The zero-order valence-electron chi connectivity index (χ0n) is 13.7. The van der Waals surface area contributed by atoms with Gasteiger partial charge in [-0.25, -0.2) is 0 Å². The Hall–Kier alpha value is -0.120. The lowest BCUT2D eigenvalue weighted by Gasteiger charge is -2.31. The molecule has 1 N–H and O–H groups in total. The van der Waals surface area contributed by atoms with E-state index in [2.05, 4.69) is 63.8 Å². The van der Waals surface area contributed by atoms with Crippen LogP contribution in [0.3, 0.4) is 0 Å². The average molecular weight is 257 g/mol. The number of hydrogen-bond donors (Lipinski definition) is 1. The Labute approximate surface area is 115 Å². The first-order valence-corrected chi connectivity index (χ1v) is 7.40. The minimum absolute atomic E-state index is 0.235. The van der Waals surface area contributed by atoms with E-state index in [-0.39, 0.29) is 5.54 Å². The molecule has 18 heavy (non-hydrogen) atoms. The molecule has 0 saturated heterocycles. The van der Waals surface area contributed by atoms with E-state index in [1.54, 1.807) is 0 Å². The predicted molar refractivity (Wildman–Crippen MR) is 82.3 cm³/mol. The molecule has 0 aliphatic carbocycles. The lowest BCUT2D eigenvalue weighted by atomic mass is 10.1. The van der Waals surface area contributed by atoms with Crippen molar-refractivity contribution in [1.29, 1.82) is 0 Å². The third kappa shape index (κ3) is 9.86. The molecule has 0 aromatic carbocycles. The van der Waals surface area contributed by atoms with Crippen molar-refractivity contribution in [1.82, 2.24) is 15.1 Å². The maximum atomic E-state index is 3.58. The van der Waals surface area contributed by atoms with Gasteiger partial charge in [-0.3, -0.25) is 4.90 Å². The molecule has 0 amide bonds. The Morgan fingerprint density at radius 2 is 1.67 bits per heavy atom. The van der Waals surface area contributed by atoms with E-state index in [9.17, 15) is 0 Å². The summed E-state index contributed by atoms with van der Waals surface area (Å²) in [5.41, 5.74) is 0.235. The average Bonchev–Trinajstić information content (AvgIpc) is 2.21. The highest BCUT2D eigenvalue weighted by Crippen LogP contribution is 2.06. The summed E-state index contributed by atoms with van der Waals surface area (Å²) in [5.74, 6) is 0. The van der Waals surface area contributed by atoms with Gasteiger partial charge in [0, 0.05) is 24.7 Å². The molecule has 1 atom stereocenters. The second-order valence-electron chi connectivity index (χ2n) is 6.65. The predicted octanol–water partition coefficient (Wildman–Crippen LogP) is 2.43. The van der Waals surface area contributed by atoms with Crippen molar-refractivity contribution in [3.05, 3.63) is 0 Å². The van der Waals surface area contributed by atoms with Gasteiger partial charge in [0.05, 0.1) is 0 Å². The molecule has 0 bridgehead atoms. The molecule has 0 rings (SSSR count). The van der Waals surface area contributed by atoms with Gasteiger partial charge in [-0.2, -0.15) is 0 Å². The van der Waals surface area contributed by atoms with Crippen molar-refractivity contribution >= 4 is 0 Å². The van der Waals surface area contributed by atoms with Crippen molar-refractivity contribution in [3.63, 3.8) is 0 Å². The van der Waals surface area contributed by atoms with Crippen molar-refractivity contribution in [2.75, 3.05) is 40.3 Å². The van der Waals surface area contributed by atoms with Crippen LogP contribution in [0.2, 0.25) is 0 Å². The number of hydrogen-bond acceptors (Lipinski definition) is 3. The molecule has 0 aliphatic heterocycles. The summed E-state index contributed by atoms with van der Waals surface area (Å²) in [6, 6.07) is 0.666. The first-order chi connectivity index (χ1) is 8.26. The summed E-state index contributed by atoms with van der Waals surface area (Å²) in [7, 11) is 4.30. The summed E-state index contributed by atoms with van der Waals surface area (Å²) < 4.78 is 0. The first kappa shape index (κ1) is 17.9. The van der Waals surface area contributed by atoms with Crippen LogP contribution >= 0.6 is 0 Å². The van der Waals surface area contributed by atoms with Crippen LogP contribution in [0.15, 0.2) is 0 Å². The maximum absolute atomic E-state index is 3.58. The molecular formula is C15H35N3. The van der Waals surface area contributed by atoms with Crippen LogP contribution in [-0.4, -0.2) is 61.7 Å². The fraction of sp³-hybridized carbons (Fsp3) is 1.00. The quantitative estimate of drug-likeness (QED) is 0.684. The molecule has 0 aliphatic rings. The van der Waals surface area contributed by atoms with Crippen LogP contribution in [0.25, 0.3) is 0 Å². The number of nitrogens with one attached hydrogen (secondary N) is 1. The lowest BCUT2D eigenvalue weighted by molar-refractivity contribution is 0.178. The van der Waals surface area contributed by atoms with E-state index in [0.717, 1.165) is 13.1 Å². The largest absolute Gasteiger partial charge is 0.312 e. The van der Waals surface area contributed by atoms with Gasteiger partial charge in [-0.1, -0.05) is 6.92 Å². The summed E-state index contributed by atoms with van der Waals surface area (Å²) >= 11 is 0. The van der Waals surface area contributed by atoms with Crippen LogP contribution in [0.4, 0.5) is 0 Å². The zero-order valence-corrected chi connectivity index (χ0v) is 13.7. The summed E-state index contributed by atoms with van der Waals surface area (Å²) in [6.45, 7) is 16.0. The number of rotatable bonds is 9. The fourth-order valence-corrected chi connectivity index (χ4v) is 2.01. The van der Waals surface area contributed by atoms with Gasteiger partial charge < -0.3 is 10.2 Å². The highest BCUT2D eigenvalue weighted by molar-refractivity contribution is 4.74. The van der Waals surface area contributed by atoms with Gasteiger partial charge in [-0.05, 0) is 67.7 Å². The molecule has 0 saturated carbocycles. The highest BCUT2D eigenvalue weighted by atomic mass is 15.2. The van der Waals surface area contributed by atoms with Crippen LogP contribution in [0.1, 0.15) is 47.5 Å². The molecule has 0 aromatic heterocycles. The Balaban J connectivity index is 4.01. The lowest BCUT2D eigenvalue weighted by Crippen LogP contribution is -2.42. The van der Waals surface area contributed by atoms with Gasteiger partial charge in [0.1, 0.15) is 0 Å². The maximum Gasteiger partial charge on any atom is 0.0112 e. The molecule has 0 heterocycles. The third-order valence-electron chi connectivity index (χ3n) is 3.19. The summed E-state index contributed by atoms with van der Waals surface area (Å²) in [4.78, 5) is 4.88. The molecule has 0 radical (unpaired) electrons. The van der Waals surface area contributed by atoms with Crippen molar-refractivity contribution in [2.24, 2.45) is 0 Å². The second kappa shape index (κ2) is 8.89. The van der Waals surface area contributed by atoms with Gasteiger partial charge >= 0.3 is 0 Å². The van der Waals surface area contributed by atoms with Crippen molar-refractivity contribution in [3.8, 4) is 0 Å². The number of likely N-dealkylation sites (N-methyl/N-ethyl adjacent to an activating group) is 1. The zero-order chi connectivity index (χ0) is 14.2. The van der Waals surface area contributed by atoms with E-state index < -0.39 is 0 Å². The minimum atomic E-state index is 0.235.